The van der Waals surface area contributed by atoms with Crippen molar-refractivity contribution in [3.8, 4) is 0 Å². The van der Waals surface area contributed by atoms with Crippen LogP contribution in [0.2, 0.25) is 0 Å². The molecule has 0 radical (unpaired) electrons. The van der Waals surface area contributed by atoms with Crippen LogP contribution in [-0.2, 0) is 10.0 Å². The molecule has 1 fully saturated rings. The summed E-state index contributed by atoms with van der Waals surface area (Å²) in [6, 6.07) is 7.46. The Labute approximate surface area is 121 Å². The number of hydrogen-bond acceptors (Lipinski definition) is 4. The van der Waals surface area contributed by atoms with E-state index in [1.165, 1.54) is 0 Å². The first-order valence-corrected chi connectivity index (χ1v) is 8.47. The summed E-state index contributed by atoms with van der Waals surface area (Å²) in [4.78, 5) is 2.44. The molecule has 1 aliphatic rings. The van der Waals surface area contributed by atoms with Crippen molar-refractivity contribution in [2.75, 3.05) is 18.5 Å². The van der Waals surface area contributed by atoms with E-state index in [9.17, 15) is 8.42 Å². The molecule has 0 aliphatic heterocycles. The van der Waals surface area contributed by atoms with Gasteiger partial charge in [0.1, 0.15) is 0 Å². The fourth-order valence-electron chi connectivity index (χ4n) is 2.04. The lowest BCUT2D eigenvalue weighted by Crippen LogP contribution is -2.31. The van der Waals surface area contributed by atoms with Crippen molar-refractivity contribution >= 4 is 15.7 Å². The van der Waals surface area contributed by atoms with Crippen molar-refractivity contribution in [1.82, 2.24) is 4.72 Å². The van der Waals surface area contributed by atoms with Crippen molar-refractivity contribution < 1.29 is 8.42 Å². The highest BCUT2D eigenvalue weighted by atomic mass is 32.2. The third kappa shape index (κ3) is 3.71. The molecule has 0 amide bonds. The van der Waals surface area contributed by atoms with E-state index in [-0.39, 0.29) is 6.04 Å². The summed E-state index contributed by atoms with van der Waals surface area (Å²) in [6.45, 7) is 2.75. The average Bonchev–Trinajstić information content (AvgIpc) is 3.21. The zero-order valence-electron chi connectivity index (χ0n) is 12.0. The van der Waals surface area contributed by atoms with Crippen molar-refractivity contribution in [3.05, 3.63) is 24.3 Å². The smallest absolute Gasteiger partial charge is 0.240 e. The Kier molecular flexibility index (Phi) is 4.67. The number of rotatable bonds is 7. The minimum Gasteiger partial charge on any atom is -0.372 e. The van der Waals surface area contributed by atoms with Gasteiger partial charge in [-0.1, -0.05) is 0 Å². The van der Waals surface area contributed by atoms with Crippen molar-refractivity contribution in [3.63, 3.8) is 0 Å². The molecule has 1 aromatic carbocycles. The lowest BCUT2D eigenvalue weighted by atomic mass is 10.2. The Hall–Kier alpha value is -1.11. The van der Waals surface area contributed by atoms with Gasteiger partial charge in [-0.15, -0.1) is 0 Å². The minimum absolute atomic E-state index is 0.131. The van der Waals surface area contributed by atoms with Crippen molar-refractivity contribution in [2.45, 2.75) is 43.2 Å². The van der Waals surface area contributed by atoms with E-state index < -0.39 is 10.0 Å². The number of nitrogens with two attached hydrogens (primary N) is 1. The molecule has 0 heterocycles. The minimum atomic E-state index is -3.36. The first-order valence-electron chi connectivity index (χ1n) is 6.99. The first-order chi connectivity index (χ1) is 9.44. The molecule has 3 N–H and O–H groups in total. The lowest BCUT2D eigenvalue weighted by Gasteiger charge is -2.26. The van der Waals surface area contributed by atoms with Crippen LogP contribution in [-0.4, -0.2) is 34.1 Å². The Bertz CT molecular complexity index is 538. The normalized spacial score (nSPS) is 16.9. The van der Waals surface area contributed by atoms with Crippen LogP contribution in [0.5, 0.6) is 0 Å². The third-order valence-corrected chi connectivity index (χ3v) is 5.24. The quantitative estimate of drug-likeness (QED) is 0.795. The number of nitrogens with one attached hydrogen (secondary N) is 1. The number of benzene rings is 1. The topological polar surface area (TPSA) is 75.4 Å². The maximum atomic E-state index is 12.1. The Morgan fingerprint density at radius 3 is 2.45 bits per heavy atom. The zero-order valence-corrected chi connectivity index (χ0v) is 12.9. The predicted octanol–water partition coefficient (Wildman–Crippen LogP) is 1.30. The van der Waals surface area contributed by atoms with Gasteiger partial charge in [0.25, 0.3) is 0 Å². The molecule has 2 rings (SSSR count). The van der Waals surface area contributed by atoms with Crippen LogP contribution in [0.3, 0.4) is 0 Å². The second-order valence-electron chi connectivity index (χ2n) is 5.43. The summed E-state index contributed by atoms with van der Waals surface area (Å²) in [5, 5.41) is 0. The van der Waals surface area contributed by atoms with Gasteiger partial charge < -0.3 is 10.6 Å². The molecule has 5 nitrogen and oxygen atoms in total. The van der Waals surface area contributed by atoms with Crippen LogP contribution in [0, 0.1) is 0 Å². The molecule has 0 bridgehead atoms. The van der Waals surface area contributed by atoms with E-state index in [0.29, 0.717) is 17.5 Å². The molecule has 1 unspecified atom stereocenters. The zero-order chi connectivity index (χ0) is 14.8. The molecule has 0 aromatic heterocycles. The number of nitrogens with zero attached hydrogens (tertiary/aromatic N) is 1. The predicted molar refractivity (Wildman–Crippen MR) is 81.3 cm³/mol. The monoisotopic (exact) mass is 297 g/mol. The second-order valence-corrected chi connectivity index (χ2v) is 7.14. The molecule has 1 saturated carbocycles. The van der Waals surface area contributed by atoms with Gasteiger partial charge in [0.15, 0.2) is 0 Å². The molecule has 1 aliphatic carbocycles. The largest absolute Gasteiger partial charge is 0.372 e. The maximum Gasteiger partial charge on any atom is 0.240 e. The van der Waals surface area contributed by atoms with Gasteiger partial charge >= 0.3 is 0 Å². The van der Waals surface area contributed by atoms with Gasteiger partial charge in [0.05, 0.1) is 4.90 Å². The van der Waals surface area contributed by atoms with Gasteiger partial charge in [-0.3, -0.25) is 0 Å². The number of sulfonamides is 1. The maximum absolute atomic E-state index is 12.1. The summed E-state index contributed by atoms with van der Waals surface area (Å²) in [7, 11) is -1.37. The van der Waals surface area contributed by atoms with Crippen LogP contribution < -0.4 is 15.4 Å². The van der Waals surface area contributed by atoms with Crippen LogP contribution in [0.4, 0.5) is 5.69 Å². The SMILES string of the molecule is CC(CCN)N(C)c1ccc(S(=O)(=O)NC2CC2)cc1. The second kappa shape index (κ2) is 6.11. The van der Waals surface area contributed by atoms with Crippen LogP contribution in [0.1, 0.15) is 26.2 Å². The summed E-state index contributed by atoms with van der Waals surface area (Å²) in [5.41, 5.74) is 6.56. The highest BCUT2D eigenvalue weighted by Crippen LogP contribution is 2.24. The van der Waals surface area contributed by atoms with Crippen LogP contribution in [0.15, 0.2) is 29.2 Å². The van der Waals surface area contributed by atoms with E-state index in [0.717, 1.165) is 24.9 Å². The van der Waals surface area contributed by atoms with E-state index in [1.54, 1.807) is 12.1 Å². The summed E-state index contributed by atoms with van der Waals surface area (Å²) >= 11 is 0. The fraction of sp³-hybridized carbons (Fsp3) is 0.571. The molecule has 0 saturated heterocycles. The van der Waals surface area contributed by atoms with Crippen LogP contribution in [0.25, 0.3) is 0 Å². The molecular weight excluding hydrogens is 274 g/mol. The molecule has 1 atom stereocenters. The Morgan fingerprint density at radius 1 is 1.35 bits per heavy atom. The van der Waals surface area contributed by atoms with E-state index in [4.69, 9.17) is 5.73 Å². The van der Waals surface area contributed by atoms with Gasteiger partial charge in [-0.25, -0.2) is 13.1 Å². The molecule has 0 spiro atoms. The Balaban J connectivity index is 2.09. The summed E-state index contributed by atoms with van der Waals surface area (Å²) in [6.07, 6.45) is 2.78. The highest BCUT2D eigenvalue weighted by molar-refractivity contribution is 7.89. The van der Waals surface area contributed by atoms with Gasteiger partial charge in [0, 0.05) is 24.8 Å². The van der Waals surface area contributed by atoms with Gasteiger partial charge in [-0.05, 0) is 57.0 Å². The third-order valence-electron chi connectivity index (χ3n) is 3.70. The van der Waals surface area contributed by atoms with Crippen molar-refractivity contribution in [1.29, 1.82) is 0 Å². The van der Waals surface area contributed by atoms with E-state index in [1.807, 2.05) is 19.2 Å². The fourth-order valence-corrected chi connectivity index (χ4v) is 3.34. The van der Waals surface area contributed by atoms with Crippen molar-refractivity contribution in [2.24, 2.45) is 5.73 Å². The van der Waals surface area contributed by atoms with Gasteiger partial charge in [-0.2, -0.15) is 0 Å². The molecule has 20 heavy (non-hydrogen) atoms. The Morgan fingerprint density at radius 2 is 1.95 bits per heavy atom. The van der Waals surface area contributed by atoms with Crippen LogP contribution >= 0.6 is 0 Å². The molecular formula is C14H23N3O2S. The van der Waals surface area contributed by atoms with Gasteiger partial charge in [0.2, 0.25) is 10.0 Å². The molecule has 112 valence electrons. The summed E-state index contributed by atoms with van der Waals surface area (Å²) < 4.78 is 26.8. The summed E-state index contributed by atoms with van der Waals surface area (Å²) in [5.74, 6) is 0. The number of hydrogen-bond donors (Lipinski definition) is 2. The standard InChI is InChI=1S/C14H23N3O2S/c1-11(9-10-15)17(2)13-5-7-14(8-6-13)20(18,19)16-12-3-4-12/h5-8,11-12,16H,3-4,9-10,15H2,1-2H3. The highest BCUT2D eigenvalue weighted by Gasteiger charge is 2.27. The van der Waals surface area contributed by atoms with E-state index >= 15 is 0 Å². The van der Waals surface area contributed by atoms with E-state index in [2.05, 4.69) is 16.5 Å². The first kappa shape index (κ1) is 15.3. The molecule has 6 heteroatoms. The lowest BCUT2D eigenvalue weighted by molar-refractivity contribution is 0.581. The number of anilines is 1. The molecule has 1 aromatic rings. The average molecular weight is 297 g/mol.